The number of carboxylic acids is 2. The average molecular weight is 433 g/mol. The largest absolute Gasteiger partial charge is 0.494 e. The summed E-state index contributed by atoms with van der Waals surface area (Å²) in [6, 6.07) is 4.67. The van der Waals surface area contributed by atoms with Crippen molar-refractivity contribution < 1.29 is 29.3 Å². The number of aromatic nitrogens is 2. The summed E-state index contributed by atoms with van der Waals surface area (Å²) in [5, 5.41) is 20.1. The van der Waals surface area contributed by atoms with Crippen LogP contribution in [0.3, 0.4) is 0 Å². The fourth-order valence-corrected chi connectivity index (χ4v) is 2.68. The molecule has 2 rings (SSSR count). The number of aromatic amines is 1. The Morgan fingerprint density at radius 2 is 1.84 bits per heavy atom. The number of hydrogen-bond donors (Lipinski definition) is 6. The molecule has 0 radical (unpaired) electrons. The van der Waals surface area contributed by atoms with E-state index in [4.69, 9.17) is 26.4 Å². The summed E-state index contributed by atoms with van der Waals surface area (Å²) in [4.78, 5) is 52.0. The van der Waals surface area contributed by atoms with E-state index in [1.54, 1.807) is 0 Å². The summed E-state index contributed by atoms with van der Waals surface area (Å²) in [6.45, 7) is 0.269. The van der Waals surface area contributed by atoms with Gasteiger partial charge in [0.05, 0.1) is 12.2 Å². The lowest BCUT2D eigenvalue weighted by atomic mass is 10.1. The molecule has 0 saturated carbocycles. The monoisotopic (exact) mass is 433 g/mol. The van der Waals surface area contributed by atoms with Crippen LogP contribution in [0.2, 0.25) is 0 Å². The van der Waals surface area contributed by atoms with Crippen LogP contribution in [-0.2, 0) is 16.0 Å². The maximum Gasteiger partial charge on any atom is 0.326 e. The number of carboxylic acid groups (broad SMARTS) is 2. The number of H-pyrrole nitrogens is 1. The van der Waals surface area contributed by atoms with Crippen LogP contribution in [0.1, 0.15) is 35.2 Å². The normalized spacial score (nSPS) is 11.5. The molecular formula is C19H23N5O7. The third-order valence-electron chi connectivity index (χ3n) is 4.27. The Balaban J connectivity index is 1.86. The van der Waals surface area contributed by atoms with Gasteiger partial charge in [0.1, 0.15) is 17.6 Å². The minimum atomic E-state index is -1.31. The van der Waals surface area contributed by atoms with Gasteiger partial charge < -0.3 is 31.7 Å². The number of carbonyl (C=O) groups excluding carboxylic acids is 1. The van der Waals surface area contributed by atoms with Crippen molar-refractivity contribution in [3.8, 4) is 5.75 Å². The molecule has 0 saturated heterocycles. The Morgan fingerprint density at radius 3 is 2.42 bits per heavy atom. The molecule has 1 amide bonds. The second kappa shape index (κ2) is 10.6. The fourth-order valence-electron chi connectivity index (χ4n) is 2.68. The summed E-state index contributed by atoms with van der Waals surface area (Å²) in [5.41, 5.74) is 11.2. The molecule has 31 heavy (non-hydrogen) atoms. The first-order valence-corrected chi connectivity index (χ1v) is 9.30. The van der Waals surface area contributed by atoms with E-state index >= 15 is 0 Å². The van der Waals surface area contributed by atoms with Gasteiger partial charge in [-0.3, -0.25) is 19.4 Å². The zero-order valence-electron chi connectivity index (χ0n) is 16.5. The molecule has 12 heteroatoms. The molecular weight excluding hydrogens is 410 g/mol. The number of nitrogen functional groups attached to an aromatic ring is 2. The van der Waals surface area contributed by atoms with Crippen LogP contribution in [0.25, 0.3) is 0 Å². The maximum absolute atomic E-state index is 12.2. The Kier molecular flexibility index (Phi) is 7.94. The first kappa shape index (κ1) is 23.2. The highest BCUT2D eigenvalue weighted by Crippen LogP contribution is 2.14. The van der Waals surface area contributed by atoms with Crippen molar-refractivity contribution in [2.75, 3.05) is 18.1 Å². The van der Waals surface area contributed by atoms with Crippen molar-refractivity contribution in [1.82, 2.24) is 15.3 Å². The second-order valence-electron chi connectivity index (χ2n) is 6.59. The van der Waals surface area contributed by atoms with Crippen molar-refractivity contribution >= 4 is 29.6 Å². The van der Waals surface area contributed by atoms with E-state index in [0.717, 1.165) is 0 Å². The van der Waals surface area contributed by atoms with Crippen LogP contribution in [0, 0.1) is 0 Å². The molecule has 1 atom stereocenters. The molecule has 0 spiro atoms. The molecule has 0 aliphatic heterocycles. The van der Waals surface area contributed by atoms with Crippen LogP contribution in [0.5, 0.6) is 5.75 Å². The minimum Gasteiger partial charge on any atom is -0.494 e. The summed E-state index contributed by atoms with van der Waals surface area (Å²) in [7, 11) is 0. The van der Waals surface area contributed by atoms with E-state index < -0.39 is 29.4 Å². The smallest absolute Gasteiger partial charge is 0.326 e. The average Bonchev–Trinajstić information content (AvgIpc) is 2.69. The summed E-state index contributed by atoms with van der Waals surface area (Å²) >= 11 is 0. The minimum absolute atomic E-state index is 0.0526. The van der Waals surface area contributed by atoms with E-state index in [9.17, 15) is 19.2 Å². The number of nitrogens with two attached hydrogens (primary N) is 2. The zero-order chi connectivity index (χ0) is 23.0. The summed E-state index contributed by atoms with van der Waals surface area (Å²) in [6.07, 6.45) is 0.204. The third kappa shape index (κ3) is 7.03. The number of aliphatic carboxylic acids is 2. The molecule has 12 nitrogen and oxygen atoms in total. The molecule has 0 aliphatic rings. The Labute approximate surface area is 176 Å². The Morgan fingerprint density at radius 1 is 1.16 bits per heavy atom. The lowest BCUT2D eigenvalue weighted by molar-refractivity contribution is -0.140. The van der Waals surface area contributed by atoms with Gasteiger partial charge in [0, 0.05) is 12.0 Å². The van der Waals surface area contributed by atoms with Crippen molar-refractivity contribution in [3.63, 3.8) is 0 Å². The molecule has 1 unspecified atom stereocenters. The number of nitrogens with one attached hydrogen (secondary N) is 2. The van der Waals surface area contributed by atoms with Gasteiger partial charge in [0.2, 0.25) is 5.95 Å². The van der Waals surface area contributed by atoms with E-state index in [1.807, 2.05) is 0 Å². The number of benzene rings is 1. The molecule has 0 bridgehead atoms. The highest BCUT2D eigenvalue weighted by molar-refractivity contribution is 5.96. The van der Waals surface area contributed by atoms with Crippen molar-refractivity contribution in [2.45, 2.75) is 31.7 Å². The van der Waals surface area contributed by atoms with Gasteiger partial charge in [0.25, 0.3) is 11.5 Å². The SMILES string of the molecule is Nc1nc(N)c(CCCOc2ccc(C(=O)NC(CCC(=O)O)C(=O)O)cc2)c(=O)[nH]1. The van der Waals surface area contributed by atoms with Crippen molar-refractivity contribution in [1.29, 1.82) is 0 Å². The van der Waals surface area contributed by atoms with Gasteiger partial charge in [-0.15, -0.1) is 0 Å². The highest BCUT2D eigenvalue weighted by Gasteiger charge is 2.21. The third-order valence-corrected chi connectivity index (χ3v) is 4.27. The van der Waals surface area contributed by atoms with Crippen LogP contribution in [0.4, 0.5) is 11.8 Å². The highest BCUT2D eigenvalue weighted by atomic mass is 16.5. The lowest BCUT2D eigenvalue weighted by Crippen LogP contribution is -2.41. The van der Waals surface area contributed by atoms with Gasteiger partial charge >= 0.3 is 11.9 Å². The number of ether oxygens (including phenoxy) is 1. The number of carbonyl (C=O) groups is 3. The van der Waals surface area contributed by atoms with E-state index in [1.165, 1.54) is 24.3 Å². The predicted octanol–water partition coefficient (Wildman–Crippen LogP) is -0.00630. The van der Waals surface area contributed by atoms with Crippen molar-refractivity contribution in [2.24, 2.45) is 0 Å². The van der Waals surface area contributed by atoms with Gasteiger partial charge in [-0.2, -0.15) is 4.98 Å². The standard InChI is InChI=1S/C19H23N5O7/c20-15-12(17(28)24-19(21)23-15)2-1-9-31-11-5-3-10(4-6-11)16(27)22-13(18(29)30)7-8-14(25)26/h3-6,13H,1-2,7-9H2,(H,22,27)(H,25,26)(H,29,30)(H5,20,21,23,24,28). The lowest BCUT2D eigenvalue weighted by Gasteiger charge is -2.14. The summed E-state index contributed by atoms with van der Waals surface area (Å²) in [5.74, 6) is -2.63. The number of nitrogens with zero attached hydrogens (tertiary/aromatic N) is 1. The number of hydrogen-bond acceptors (Lipinski definition) is 8. The quantitative estimate of drug-likeness (QED) is 0.261. The van der Waals surface area contributed by atoms with E-state index in [0.29, 0.717) is 24.2 Å². The number of rotatable bonds is 11. The molecule has 1 aromatic heterocycles. The number of amides is 1. The number of anilines is 2. The topological polar surface area (TPSA) is 211 Å². The van der Waals surface area contributed by atoms with E-state index in [2.05, 4.69) is 15.3 Å². The Bertz CT molecular complexity index is 1000. The maximum atomic E-state index is 12.2. The zero-order valence-corrected chi connectivity index (χ0v) is 16.5. The molecule has 1 heterocycles. The van der Waals surface area contributed by atoms with Gasteiger partial charge in [-0.05, 0) is 43.5 Å². The van der Waals surface area contributed by atoms with Crippen LogP contribution in [-0.4, -0.2) is 50.7 Å². The molecule has 8 N–H and O–H groups in total. The van der Waals surface area contributed by atoms with Gasteiger partial charge in [0.15, 0.2) is 0 Å². The Hall–Kier alpha value is -4.09. The molecule has 1 aromatic carbocycles. The molecule has 0 aliphatic carbocycles. The molecule has 166 valence electrons. The van der Waals surface area contributed by atoms with E-state index in [-0.39, 0.29) is 36.8 Å². The molecule has 2 aromatic rings. The van der Waals surface area contributed by atoms with Crippen LogP contribution in [0.15, 0.2) is 29.1 Å². The fraction of sp³-hybridized carbons (Fsp3) is 0.316. The predicted molar refractivity (Wildman–Crippen MR) is 110 cm³/mol. The van der Waals surface area contributed by atoms with Crippen LogP contribution >= 0.6 is 0 Å². The van der Waals surface area contributed by atoms with Crippen molar-refractivity contribution in [3.05, 3.63) is 45.7 Å². The summed E-state index contributed by atoms with van der Waals surface area (Å²) < 4.78 is 5.56. The molecule has 0 fully saturated rings. The second-order valence-corrected chi connectivity index (χ2v) is 6.59. The van der Waals surface area contributed by atoms with Gasteiger partial charge in [-0.25, -0.2) is 4.79 Å². The first-order valence-electron chi connectivity index (χ1n) is 9.30. The first-order chi connectivity index (χ1) is 14.7. The van der Waals surface area contributed by atoms with Gasteiger partial charge in [-0.1, -0.05) is 0 Å². The van der Waals surface area contributed by atoms with Crippen LogP contribution < -0.4 is 27.1 Å².